The number of nitrogens with one attached hydrogen (secondary N) is 1. The Hall–Kier alpha value is -0.770. The Kier molecular flexibility index (Phi) is 5.47. The van der Waals surface area contributed by atoms with Crippen molar-refractivity contribution in [3.63, 3.8) is 0 Å². The van der Waals surface area contributed by atoms with Gasteiger partial charge in [0.1, 0.15) is 5.82 Å². The monoisotopic (exact) mass is 330 g/mol. The molecule has 0 aliphatic carbocycles. The number of alkyl halides is 2. The molecule has 1 aromatic rings. The van der Waals surface area contributed by atoms with Crippen LogP contribution in [0, 0.1) is 0 Å². The molecule has 0 amide bonds. The third-order valence-electron chi connectivity index (χ3n) is 2.98. The summed E-state index contributed by atoms with van der Waals surface area (Å²) in [5.41, 5.74) is 4.85. The maximum atomic E-state index is 12.9. The number of aromatic nitrogens is 2. The molecule has 0 spiro atoms. The van der Waals surface area contributed by atoms with E-state index in [1.54, 1.807) is 4.57 Å². The summed E-state index contributed by atoms with van der Waals surface area (Å²) in [5.74, 6) is -2.58. The van der Waals surface area contributed by atoms with E-state index in [0.29, 0.717) is 18.8 Å². The van der Waals surface area contributed by atoms with Gasteiger partial charge in [0.05, 0.1) is 13.1 Å². The molecule has 2 rings (SSSR count). The van der Waals surface area contributed by atoms with Gasteiger partial charge in [-0.3, -0.25) is 0 Å². The summed E-state index contributed by atoms with van der Waals surface area (Å²) in [4.78, 5) is 3.99. The Balaban J connectivity index is 0.00000200. The lowest BCUT2D eigenvalue weighted by Crippen LogP contribution is -2.41. The molecule has 0 fully saturated rings. The quantitative estimate of drug-likeness (QED) is 0.823. The average molecular weight is 331 g/mol. The molecule has 1 aliphatic rings. The summed E-state index contributed by atoms with van der Waals surface area (Å²) >= 11 is 0. The summed E-state index contributed by atoms with van der Waals surface area (Å²) < 4.78 is 53.2. The first-order valence-corrected chi connectivity index (χ1v) is 7.46. The molecule has 10 heteroatoms. The van der Waals surface area contributed by atoms with Crippen LogP contribution in [0.2, 0.25) is 0 Å². The zero-order valence-electron chi connectivity index (χ0n) is 10.7. The highest BCUT2D eigenvalue weighted by Gasteiger charge is 2.30. The van der Waals surface area contributed by atoms with Crippen LogP contribution < -0.4 is 10.5 Å². The summed E-state index contributed by atoms with van der Waals surface area (Å²) in [6.45, 7) is -1.22. The lowest BCUT2D eigenvalue weighted by Gasteiger charge is -2.13. The average Bonchev–Trinajstić information content (AvgIpc) is 2.81. The normalized spacial score (nSPS) is 15.6. The van der Waals surface area contributed by atoms with Gasteiger partial charge in [-0.15, -0.1) is 12.4 Å². The van der Waals surface area contributed by atoms with Crippen molar-refractivity contribution in [1.82, 2.24) is 14.3 Å². The molecule has 0 aromatic carbocycles. The van der Waals surface area contributed by atoms with E-state index in [-0.39, 0.29) is 17.4 Å². The lowest BCUT2D eigenvalue weighted by atomic mass is 10.2. The molecule has 6 nitrogen and oxygen atoms in total. The smallest absolute Gasteiger partial charge is 0.273 e. The minimum atomic E-state index is -4.02. The molecule has 1 aliphatic heterocycles. The molecular weight excluding hydrogens is 314 g/mol. The van der Waals surface area contributed by atoms with Gasteiger partial charge in [-0.05, 0) is 12.8 Å². The SMILES string of the molecule is Cl.NCC(F)(F)CNS(=O)(=O)c1cn2c(n1)CCCC2. The fourth-order valence-electron chi connectivity index (χ4n) is 1.86. The lowest BCUT2D eigenvalue weighted by molar-refractivity contribution is 0.0170. The maximum absolute atomic E-state index is 12.9. The largest absolute Gasteiger partial charge is 0.333 e. The number of nitrogens with zero attached hydrogens (tertiary/aromatic N) is 2. The zero-order chi connectivity index (χ0) is 14.1. The molecule has 0 saturated carbocycles. The van der Waals surface area contributed by atoms with Crippen molar-refractivity contribution in [2.75, 3.05) is 13.1 Å². The highest BCUT2D eigenvalue weighted by Crippen LogP contribution is 2.18. The van der Waals surface area contributed by atoms with Crippen molar-refractivity contribution >= 4 is 22.4 Å². The number of rotatable bonds is 5. The minimum absolute atomic E-state index is 0. The second-order valence-corrected chi connectivity index (χ2v) is 6.24. The minimum Gasteiger partial charge on any atom is -0.333 e. The molecule has 0 saturated heterocycles. The first-order valence-electron chi connectivity index (χ1n) is 5.98. The topological polar surface area (TPSA) is 90.0 Å². The van der Waals surface area contributed by atoms with Crippen molar-refractivity contribution in [2.45, 2.75) is 36.8 Å². The van der Waals surface area contributed by atoms with Crippen LogP contribution in [-0.2, 0) is 23.0 Å². The van der Waals surface area contributed by atoms with Crippen molar-refractivity contribution < 1.29 is 17.2 Å². The number of aryl methyl sites for hydroxylation is 2. The van der Waals surface area contributed by atoms with Gasteiger partial charge in [0.25, 0.3) is 15.9 Å². The number of sulfonamides is 1. The predicted octanol–water partition coefficient (Wildman–Crippen LogP) is 0.513. The van der Waals surface area contributed by atoms with E-state index in [2.05, 4.69) is 4.98 Å². The van der Waals surface area contributed by atoms with Crippen LogP contribution in [-0.4, -0.2) is 37.0 Å². The van der Waals surface area contributed by atoms with Crippen LogP contribution in [0.3, 0.4) is 0 Å². The van der Waals surface area contributed by atoms with Crippen LogP contribution in [0.15, 0.2) is 11.2 Å². The first-order chi connectivity index (χ1) is 8.84. The van der Waals surface area contributed by atoms with Crippen LogP contribution in [0.4, 0.5) is 8.78 Å². The van der Waals surface area contributed by atoms with Crippen molar-refractivity contribution in [1.29, 1.82) is 0 Å². The molecule has 0 radical (unpaired) electrons. The van der Waals surface area contributed by atoms with Gasteiger partial charge < -0.3 is 10.3 Å². The number of hydrogen-bond acceptors (Lipinski definition) is 4. The van der Waals surface area contributed by atoms with Gasteiger partial charge in [0.15, 0.2) is 5.03 Å². The van der Waals surface area contributed by atoms with E-state index in [0.717, 1.165) is 12.8 Å². The summed E-state index contributed by atoms with van der Waals surface area (Å²) in [6, 6.07) is 0. The molecule has 2 heterocycles. The van der Waals surface area contributed by atoms with Crippen LogP contribution in [0.1, 0.15) is 18.7 Å². The van der Waals surface area contributed by atoms with Crippen LogP contribution in [0.25, 0.3) is 0 Å². The van der Waals surface area contributed by atoms with Crippen LogP contribution >= 0.6 is 12.4 Å². The van der Waals surface area contributed by atoms with E-state index in [1.165, 1.54) is 6.20 Å². The Labute approximate surface area is 122 Å². The van der Waals surface area contributed by atoms with E-state index in [1.807, 2.05) is 4.72 Å². The number of fused-ring (bicyclic) bond motifs is 1. The Bertz CT molecular complexity index is 538. The third kappa shape index (κ3) is 3.87. The molecule has 0 bridgehead atoms. The predicted molar refractivity (Wildman–Crippen MR) is 71.6 cm³/mol. The van der Waals surface area contributed by atoms with Gasteiger partial charge in [0, 0.05) is 19.2 Å². The van der Waals surface area contributed by atoms with Gasteiger partial charge in [0.2, 0.25) is 0 Å². The molecule has 1 aromatic heterocycles. The molecule has 116 valence electrons. The Morgan fingerprint density at radius 1 is 1.45 bits per heavy atom. The van der Waals surface area contributed by atoms with Crippen molar-refractivity contribution in [3.8, 4) is 0 Å². The number of imidazole rings is 1. The van der Waals surface area contributed by atoms with Gasteiger partial charge >= 0.3 is 0 Å². The standard InChI is InChI=1S/C10H16F2N4O2S.ClH/c11-10(12,6-13)7-14-19(17,18)9-5-16-4-2-1-3-8(16)15-9;/h5,14H,1-4,6-7,13H2;1H. The maximum Gasteiger partial charge on any atom is 0.273 e. The third-order valence-corrected chi connectivity index (χ3v) is 4.25. The fraction of sp³-hybridized carbons (Fsp3) is 0.700. The number of nitrogens with two attached hydrogens (primary N) is 1. The molecule has 0 unspecified atom stereocenters. The van der Waals surface area contributed by atoms with E-state index in [4.69, 9.17) is 5.73 Å². The second-order valence-electron chi connectivity index (χ2n) is 4.53. The zero-order valence-corrected chi connectivity index (χ0v) is 12.3. The van der Waals surface area contributed by atoms with Crippen molar-refractivity contribution in [2.24, 2.45) is 5.73 Å². The van der Waals surface area contributed by atoms with Crippen LogP contribution in [0.5, 0.6) is 0 Å². The molecule has 3 N–H and O–H groups in total. The van der Waals surface area contributed by atoms with Gasteiger partial charge in [-0.1, -0.05) is 0 Å². The van der Waals surface area contributed by atoms with Gasteiger partial charge in [-0.25, -0.2) is 26.9 Å². The highest BCUT2D eigenvalue weighted by atomic mass is 35.5. The van der Waals surface area contributed by atoms with E-state index >= 15 is 0 Å². The molecule has 20 heavy (non-hydrogen) atoms. The summed E-state index contributed by atoms with van der Waals surface area (Å²) in [5, 5.41) is -0.211. The number of halogens is 3. The van der Waals surface area contributed by atoms with Crippen molar-refractivity contribution in [3.05, 3.63) is 12.0 Å². The molecular formula is C10H17ClF2N4O2S. The Morgan fingerprint density at radius 2 is 2.15 bits per heavy atom. The summed E-state index contributed by atoms with van der Waals surface area (Å²) in [7, 11) is -4.02. The van der Waals surface area contributed by atoms with E-state index in [9.17, 15) is 17.2 Å². The summed E-state index contributed by atoms with van der Waals surface area (Å²) in [6.07, 6.45) is 4.00. The Morgan fingerprint density at radius 3 is 2.75 bits per heavy atom. The second kappa shape index (κ2) is 6.33. The highest BCUT2D eigenvalue weighted by molar-refractivity contribution is 7.89. The van der Waals surface area contributed by atoms with Gasteiger partial charge in [-0.2, -0.15) is 0 Å². The fourth-order valence-corrected chi connectivity index (χ4v) is 2.90. The first kappa shape index (κ1) is 17.3. The molecule has 0 atom stereocenters. The number of hydrogen-bond donors (Lipinski definition) is 2. The van der Waals surface area contributed by atoms with E-state index < -0.39 is 29.0 Å².